The summed E-state index contributed by atoms with van der Waals surface area (Å²) in [5.41, 5.74) is 0. The zero-order chi connectivity index (χ0) is 83.1. The van der Waals surface area contributed by atoms with Crippen molar-refractivity contribution < 1.29 is 80.2 Å². The third kappa shape index (κ3) is 83.1. The van der Waals surface area contributed by atoms with Crippen LogP contribution in [0, 0.1) is 0 Å². The van der Waals surface area contributed by atoms with Gasteiger partial charge in [-0.15, -0.1) is 0 Å². The summed E-state index contributed by atoms with van der Waals surface area (Å²) in [5, 5.41) is 10.7. The lowest BCUT2D eigenvalue weighted by molar-refractivity contribution is -0.161. The first kappa shape index (κ1) is 107. The largest absolute Gasteiger partial charge is 0.472 e. The summed E-state index contributed by atoms with van der Waals surface area (Å²) in [6, 6.07) is 0. The minimum absolute atomic E-state index is 0.00785. The Kier molecular flexibility index (Phi) is 79.0. The van der Waals surface area contributed by atoms with Gasteiger partial charge in [0.15, 0.2) is 12.2 Å². The fourth-order valence-electron chi connectivity index (χ4n) is 10.2. The second kappa shape index (κ2) is 84.0. The van der Waals surface area contributed by atoms with Crippen LogP contribution in [0.3, 0.4) is 0 Å². The van der Waals surface area contributed by atoms with E-state index in [2.05, 4.69) is 228 Å². The van der Waals surface area contributed by atoms with Crippen LogP contribution in [0.15, 0.2) is 231 Å². The maximum absolute atomic E-state index is 13.2. The van der Waals surface area contributed by atoms with Crippen molar-refractivity contribution in [2.45, 2.75) is 303 Å². The SMILES string of the molecule is CC/C=C\C/C=C\C/C=C\C/C=C\C/C=C\CCCCCC(=O)OC[C@H](COP(=O)(O)OC[C@@H](O)COP(=O)(O)OC[C@@H](COC(=O)CC/C=C\C/C=C\C/C=C\C/C=C\C/C=C\CCCCC)OC(=O)CCC/C=C\C/C=C\C/C=C\C/C=C\CCCCC)OC(=O)CCCCC/C=C\C/C=C\C/C=C\C/C=C\C/C=C\CC. The Morgan fingerprint density at radius 3 is 0.772 bits per heavy atom. The molecule has 0 saturated carbocycles. The Morgan fingerprint density at radius 1 is 0.254 bits per heavy atom. The second-order valence-electron chi connectivity index (χ2n) is 27.3. The number of esters is 4. The first-order valence-corrected chi connectivity index (χ1v) is 45.6. The Labute approximate surface area is 689 Å². The molecule has 0 fully saturated rings. The molecule has 0 saturated heterocycles. The van der Waals surface area contributed by atoms with E-state index in [-0.39, 0.29) is 25.7 Å². The highest BCUT2D eigenvalue weighted by atomic mass is 31.2. The molecule has 17 nitrogen and oxygen atoms in total. The Balaban J connectivity index is 5.61. The lowest BCUT2D eigenvalue weighted by Crippen LogP contribution is -2.30. The van der Waals surface area contributed by atoms with E-state index in [4.69, 9.17) is 37.0 Å². The molecule has 0 amide bonds. The number of aliphatic hydroxyl groups excluding tert-OH is 1. The van der Waals surface area contributed by atoms with Crippen LogP contribution in [0.4, 0.5) is 0 Å². The van der Waals surface area contributed by atoms with E-state index < -0.39 is 97.5 Å². The van der Waals surface area contributed by atoms with Crippen LogP contribution in [0.5, 0.6) is 0 Å². The zero-order valence-corrected chi connectivity index (χ0v) is 71.9. The molecule has 114 heavy (non-hydrogen) atoms. The first-order chi connectivity index (χ1) is 55.7. The molecular weight excluding hydrogens is 1470 g/mol. The number of aliphatic hydroxyl groups is 1. The van der Waals surface area contributed by atoms with Crippen molar-refractivity contribution in [2.75, 3.05) is 39.6 Å². The fraction of sp³-hybridized carbons (Fsp3) is 0.558. The van der Waals surface area contributed by atoms with Gasteiger partial charge >= 0.3 is 39.5 Å². The highest BCUT2D eigenvalue weighted by Gasteiger charge is 2.30. The molecular formula is C95H148O17P2. The van der Waals surface area contributed by atoms with Crippen LogP contribution in [-0.4, -0.2) is 96.7 Å². The molecule has 0 aromatic rings. The standard InChI is InChI=1S/C95H148O17P2/c1-5-9-13-17-21-25-29-33-37-41-44-48-51-55-59-63-67-71-75-79-92(97)105-85-90(111-94(99)81-77-73-69-65-61-57-53-47-40-36-32-28-24-20-16-12-8-4)87-109-113(101,102)107-83-89(96)84-108-114(103,104)110-88-91(112-95(100)82-78-74-70-66-62-58-54-50-46-43-39-35-31-27-23-19-15-11-7-3)86-106-93(98)80-76-72-68-64-60-56-52-49-45-42-38-34-30-26-22-18-14-10-6-2/h10-11,14-15,21-28,33-40,44-46,48-50,53,55-60,62,65,67,69,71,89-91,96H,5-9,12-13,16-20,29-32,41-43,47,51-52,54,61,63-64,66,68,70,72-88H2,1-4H3,(H,101,102)(H,103,104)/b14-10-,15-11-,25-21-,26-22-,27-23-,28-24-,37-33-,38-34-,39-35-,40-36-,48-44-,49-45-,50-46-,57-53-,59-55-,60-56-,62-58-,69-65-,71-67-/t89-,90+,91+/m0/s1. The van der Waals surface area contributed by atoms with Crippen molar-refractivity contribution in [3.05, 3.63) is 231 Å². The summed E-state index contributed by atoms with van der Waals surface area (Å²) >= 11 is 0. The molecule has 0 radical (unpaired) electrons. The minimum Gasteiger partial charge on any atom is -0.462 e. The number of carbonyl (C=O) groups excluding carboxylic acids is 4. The number of rotatable bonds is 77. The van der Waals surface area contributed by atoms with E-state index in [1.54, 1.807) is 0 Å². The summed E-state index contributed by atoms with van der Waals surface area (Å²) < 4.78 is 68.6. The molecule has 19 heteroatoms. The number of hydrogen-bond donors (Lipinski definition) is 3. The molecule has 0 aromatic carbocycles. The smallest absolute Gasteiger partial charge is 0.462 e. The van der Waals surface area contributed by atoms with E-state index >= 15 is 0 Å². The van der Waals surface area contributed by atoms with Crippen molar-refractivity contribution in [2.24, 2.45) is 0 Å². The molecule has 0 heterocycles. The number of phosphoric ester groups is 2. The summed E-state index contributed by atoms with van der Waals surface area (Å²) in [5.74, 6) is -2.44. The monoisotopic (exact) mass is 1620 g/mol. The number of phosphoric acid groups is 2. The van der Waals surface area contributed by atoms with Crippen LogP contribution in [0.25, 0.3) is 0 Å². The molecule has 3 N–H and O–H groups in total. The van der Waals surface area contributed by atoms with Crippen LogP contribution in [0.1, 0.15) is 285 Å². The molecule has 0 aromatic heterocycles. The third-order valence-electron chi connectivity index (χ3n) is 16.6. The van der Waals surface area contributed by atoms with Crippen LogP contribution in [-0.2, 0) is 65.4 Å². The van der Waals surface area contributed by atoms with Crippen LogP contribution >= 0.6 is 15.6 Å². The summed E-state index contributed by atoms with van der Waals surface area (Å²) in [7, 11) is -10.1. The molecule has 0 aliphatic carbocycles. The van der Waals surface area contributed by atoms with Crippen LogP contribution in [0.2, 0.25) is 0 Å². The van der Waals surface area contributed by atoms with Crippen molar-refractivity contribution in [3.8, 4) is 0 Å². The van der Waals surface area contributed by atoms with Gasteiger partial charge in [-0.05, 0) is 193 Å². The maximum atomic E-state index is 13.2. The van der Waals surface area contributed by atoms with Gasteiger partial charge in [0.1, 0.15) is 19.3 Å². The molecule has 5 atom stereocenters. The number of hydrogen-bond acceptors (Lipinski definition) is 15. The predicted octanol–water partition coefficient (Wildman–Crippen LogP) is 25.8. The van der Waals surface area contributed by atoms with Crippen molar-refractivity contribution in [1.29, 1.82) is 0 Å². The quantitative estimate of drug-likeness (QED) is 0.0169. The molecule has 0 rings (SSSR count). The van der Waals surface area contributed by atoms with Gasteiger partial charge < -0.3 is 33.8 Å². The highest BCUT2D eigenvalue weighted by Crippen LogP contribution is 2.45. The molecule has 0 bridgehead atoms. The highest BCUT2D eigenvalue weighted by molar-refractivity contribution is 7.47. The second-order valence-corrected chi connectivity index (χ2v) is 30.2. The average molecular weight is 1620 g/mol. The van der Waals surface area contributed by atoms with E-state index in [9.17, 15) is 43.2 Å². The van der Waals surface area contributed by atoms with Gasteiger partial charge in [-0.3, -0.25) is 37.3 Å². The molecule has 640 valence electrons. The van der Waals surface area contributed by atoms with Crippen LogP contribution < -0.4 is 0 Å². The maximum Gasteiger partial charge on any atom is 0.472 e. The molecule has 0 aliphatic heterocycles. The van der Waals surface area contributed by atoms with E-state index in [0.29, 0.717) is 38.5 Å². The van der Waals surface area contributed by atoms with Crippen molar-refractivity contribution >= 4 is 39.5 Å². The van der Waals surface area contributed by atoms with Gasteiger partial charge in [-0.1, -0.05) is 297 Å². The number of allylic oxidation sites excluding steroid dienone is 38. The first-order valence-electron chi connectivity index (χ1n) is 42.6. The predicted molar refractivity (Wildman–Crippen MR) is 472 cm³/mol. The Bertz CT molecular complexity index is 3070. The summed E-state index contributed by atoms with van der Waals surface area (Å²) in [4.78, 5) is 73.2. The van der Waals surface area contributed by atoms with Gasteiger partial charge in [0.2, 0.25) is 0 Å². The van der Waals surface area contributed by atoms with Crippen molar-refractivity contribution in [1.82, 2.24) is 0 Å². The average Bonchev–Trinajstić information content (AvgIpc) is 0.899. The number of unbranched alkanes of at least 4 members (excludes halogenated alkanes) is 13. The Hall–Kier alpha value is -6.88. The molecule has 0 spiro atoms. The number of ether oxygens (including phenoxy) is 4. The lowest BCUT2D eigenvalue weighted by Gasteiger charge is -2.21. The van der Waals surface area contributed by atoms with E-state index in [1.807, 2.05) is 30.4 Å². The number of carbonyl (C=O) groups is 4. The van der Waals surface area contributed by atoms with Gasteiger partial charge in [0.25, 0.3) is 0 Å². The summed E-state index contributed by atoms with van der Waals surface area (Å²) in [6.45, 7) is 4.34. The van der Waals surface area contributed by atoms with E-state index in [1.165, 1.54) is 38.5 Å². The minimum atomic E-state index is -5.03. The topological polar surface area (TPSA) is 237 Å². The van der Waals surface area contributed by atoms with E-state index in [0.717, 1.165) is 154 Å². The lowest BCUT2D eigenvalue weighted by atomic mass is 10.1. The normalized spacial score (nSPS) is 14.9. The fourth-order valence-corrected chi connectivity index (χ4v) is 11.8. The Morgan fingerprint density at radius 2 is 0.482 bits per heavy atom. The third-order valence-corrected chi connectivity index (χ3v) is 18.5. The van der Waals surface area contributed by atoms with Gasteiger partial charge in [-0.2, -0.15) is 0 Å². The molecule has 0 aliphatic rings. The molecule has 2 unspecified atom stereocenters. The summed E-state index contributed by atoms with van der Waals surface area (Å²) in [6.07, 6.45) is 109. The van der Waals surface area contributed by atoms with Gasteiger partial charge in [0, 0.05) is 25.7 Å². The zero-order valence-electron chi connectivity index (χ0n) is 70.1. The van der Waals surface area contributed by atoms with Gasteiger partial charge in [0.05, 0.1) is 26.4 Å². The van der Waals surface area contributed by atoms with Crippen molar-refractivity contribution in [3.63, 3.8) is 0 Å². The van der Waals surface area contributed by atoms with Gasteiger partial charge in [-0.25, -0.2) is 9.13 Å².